The van der Waals surface area contributed by atoms with Gasteiger partial charge in [-0.25, -0.2) is 0 Å². The molecule has 4 rings (SSSR count). The van der Waals surface area contributed by atoms with Crippen LogP contribution in [0.5, 0.6) is 0 Å². The summed E-state index contributed by atoms with van der Waals surface area (Å²) in [6, 6.07) is 8.16. The van der Waals surface area contributed by atoms with Crippen LogP contribution in [0.2, 0.25) is 0 Å². The van der Waals surface area contributed by atoms with E-state index in [0.717, 1.165) is 27.3 Å². The molecule has 0 saturated carbocycles. The highest BCUT2D eigenvalue weighted by Gasteiger charge is 2.11. The van der Waals surface area contributed by atoms with Crippen LogP contribution in [0.1, 0.15) is 10.8 Å². The maximum atomic E-state index is 5.29. The third-order valence-electron chi connectivity index (χ3n) is 3.16. The van der Waals surface area contributed by atoms with E-state index in [2.05, 4.69) is 43.2 Å². The van der Waals surface area contributed by atoms with Crippen LogP contribution in [0.25, 0.3) is 10.7 Å². The fourth-order valence-electron chi connectivity index (χ4n) is 2.03. The number of nitrogens with zero attached hydrogens (tertiary/aromatic N) is 4. The summed E-state index contributed by atoms with van der Waals surface area (Å²) in [4.78, 5) is 6.78. The van der Waals surface area contributed by atoms with Crippen LogP contribution in [0.4, 0.5) is 5.13 Å². The van der Waals surface area contributed by atoms with E-state index in [1.54, 1.807) is 34.4 Å². The number of thioether (sulfide) groups is 1. The zero-order valence-corrected chi connectivity index (χ0v) is 16.2. The second-order valence-corrected chi connectivity index (χ2v) is 9.09. The minimum absolute atomic E-state index is 0.586. The summed E-state index contributed by atoms with van der Waals surface area (Å²) in [5.74, 6) is 1.82. The molecule has 0 bridgehead atoms. The summed E-state index contributed by atoms with van der Waals surface area (Å²) in [6.07, 6.45) is 0.993. The van der Waals surface area contributed by atoms with Crippen LogP contribution in [0.15, 0.2) is 43.9 Å². The fourth-order valence-corrected chi connectivity index (χ4v) is 5.00. The quantitative estimate of drug-likeness (QED) is 0.426. The lowest BCUT2D eigenvalue weighted by Crippen LogP contribution is -2.03. The Kier molecular flexibility index (Phi) is 5.40. The Morgan fingerprint density at radius 1 is 1.12 bits per heavy atom. The summed E-state index contributed by atoms with van der Waals surface area (Å²) in [5, 5.41) is 20.6. The number of thiophene rings is 2. The molecule has 0 amide bonds. The number of nitrogens with one attached hydrogen (secondary N) is 1. The van der Waals surface area contributed by atoms with E-state index in [4.69, 9.17) is 4.52 Å². The zero-order valence-electron chi connectivity index (χ0n) is 12.9. The molecular weight excluding hydrogens is 394 g/mol. The maximum absolute atomic E-state index is 5.29. The van der Waals surface area contributed by atoms with Crippen molar-refractivity contribution in [2.45, 2.75) is 16.5 Å². The Morgan fingerprint density at radius 2 is 2.04 bits per heavy atom. The Labute approximate surface area is 160 Å². The molecule has 0 saturated heterocycles. The van der Waals surface area contributed by atoms with Crippen LogP contribution < -0.4 is 5.32 Å². The lowest BCUT2D eigenvalue weighted by Gasteiger charge is -1.98. The molecule has 0 aliphatic rings. The van der Waals surface area contributed by atoms with E-state index in [1.165, 1.54) is 16.2 Å². The van der Waals surface area contributed by atoms with Gasteiger partial charge in [0.15, 0.2) is 4.34 Å². The van der Waals surface area contributed by atoms with E-state index >= 15 is 0 Å². The lowest BCUT2D eigenvalue weighted by atomic mass is 10.3. The lowest BCUT2D eigenvalue weighted by molar-refractivity contribution is 0.392. The first-order valence-electron chi connectivity index (χ1n) is 7.46. The van der Waals surface area contributed by atoms with Gasteiger partial charge in [-0.3, -0.25) is 0 Å². The topological polar surface area (TPSA) is 76.7 Å². The smallest absolute Gasteiger partial charge is 0.237 e. The SMILES string of the molecule is c1csc(CCNc2nnc(SCc3nc(-c4cccs4)no3)s2)c1. The van der Waals surface area contributed by atoms with Gasteiger partial charge in [-0.05, 0) is 29.3 Å². The summed E-state index contributed by atoms with van der Waals surface area (Å²) in [6.45, 7) is 0.855. The molecule has 10 heteroatoms. The van der Waals surface area contributed by atoms with Crippen molar-refractivity contribution in [1.82, 2.24) is 20.3 Å². The highest BCUT2D eigenvalue weighted by atomic mass is 32.2. The maximum Gasteiger partial charge on any atom is 0.237 e. The van der Waals surface area contributed by atoms with Crippen molar-refractivity contribution in [3.05, 3.63) is 45.8 Å². The van der Waals surface area contributed by atoms with Crippen molar-refractivity contribution >= 4 is 50.9 Å². The molecule has 6 nitrogen and oxygen atoms in total. The molecule has 4 aromatic rings. The molecule has 0 aliphatic heterocycles. The van der Waals surface area contributed by atoms with Gasteiger partial charge in [-0.15, -0.1) is 32.9 Å². The summed E-state index contributed by atoms with van der Waals surface area (Å²) in [7, 11) is 0. The number of hydrogen-bond acceptors (Lipinski definition) is 10. The standard InChI is InChI=1S/C15H13N5OS4/c1-3-10(22-7-1)5-6-16-14-18-19-15(25-14)24-9-12-17-13(20-21-12)11-4-2-8-23-11/h1-4,7-8H,5-6,9H2,(H,16,18). The average Bonchev–Trinajstić information content (AvgIpc) is 3.39. The Bertz CT molecular complexity index is 900. The van der Waals surface area contributed by atoms with Crippen LogP contribution in [-0.4, -0.2) is 26.9 Å². The van der Waals surface area contributed by atoms with Crippen molar-refractivity contribution in [3.8, 4) is 10.7 Å². The van der Waals surface area contributed by atoms with Crippen molar-refractivity contribution in [2.24, 2.45) is 0 Å². The molecule has 0 aliphatic carbocycles. The van der Waals surface area contributed by atoms with Gasteiger partial charge in [0.05, 0.1) is 10.6 Å². The van der Waals surface area contributed by atoms with Crippen LogP contribution in [-0.2, 0) is 12.2 Å². The number of hydrogen-bond donors (Lipinski definition) is 1. The number of aromatic nitrogens is 4. The predicted octanol–water partition coefficient (Wildman–Crippen LogP) is 4.66. The normalized spacial score (nSPS) is 11.0. The van der Waals surface area contributed by atoms with Crippen molar-refractivity contribution in [3.63, 3.8) is 0 Å². The van der Waals surface area contributed by atoms with Gasteiger partial charge in [0, 0.05) is 11.4 Å². The van der Waals surface area contributed by atoms with Gasteiger partial charge in [0.25, 0.3) is 0 Å². The molecule has 0 radical (unpaired) electrons. The molecule has 0 atom stereocenters. The van der Waals surface area contributed by atoms with E-state index in [-0.39, 0.29) is 0 Å². The molecule has 25 heavy (non-hydrogen) atoms. The Morgan fingerprint density at radius 3 is 2.88 bits per heavy atom. The van der Waals surface area contributed by atoms with E-state index in [1.807, 2.05) is 17.5 Å². The molecule has 0 fully saturated rings. The van der Waals surface area contributed by atoms with Crippen LogP contribution >= 0.6 is 45.8 Å². The molecule has 1 N–H and O–H groups in total. The zero-order chi connectivity index (χ0) is 16.9. The third kappa shape index (κ3) is 4.46. The third-order valence-corrected chi connectivity index (χ3v) is 6.96. The molecule has 0 aromatic carbocycles. The van der Waals surface area contributed by atoms with Gasteiger partial charge in [-0.2, -0.15) is 4.98 Å². The highest BCUT2D eigenvalue weighted by molar-refractivity contribution is 8.00. The van der Waals surface area contributed by atoms with Crippen molar-refractivity contribution in [1.29, 1.82) is 0 Å². The first kappa shape index (κ1) is 16.7. The minimum atomic E-state index is 0.586. The molecule has 128 valence electrons. The fraction of sp³-hybridized carbons (Fsp3) is 0.200. The van der Waals surface area contributed by atoms with Gasteiger partial charge in [0.2, 0.25) is 16.8 Å². The Hall–Kier alpha value is -1.75. The van der Waals surface area contributed by atoms with Gasteiger partial charge >= 0.3 is 0 Å². The number of anilines is 1. The predicted molar refractivity (Wildman–Crippen MR) is 104 cm³/mol. The van der Waals surface area contributed by atoms with Gasteiger partial charge in [-0.1, -0.05) is 40.4 Å². The largest absolute Gasteiger partial charge is 0.360 e. The van der Waals surface area contributed by atoms with Crippen LogP contribution in [0, 0.1) is 0 Å². The average molecular weight is 408 g/mol. The second-order valence-electron chi connectivity index (χ2n) is 4.91. The van der Waals surface area contributed by atoms with Gasteiger partial charge < -0.3 is 9.84 Å². The minimum Gasteiger partial charge on any atom is -0.360 e. The Balaban J connectivity index is 1.26. The summed E-state index contributed by atoms with van der Waals surface area (Å²) in [5.41, 5.74) is 0. The van der Waals surface area contributed by atoms with E-state index in [0.29, 0.717) is 17.5 Å². The molecule has 4 heterocycles. The van der Waals surface area contributed by atoms with Gasteiger partial charge in [0.1, 0.15) is 0 Å². The van der Waals surface area contributed by atoms with Crippen LogP contribution in [0.3, 0.4) is 0 Å². The van der Waals surface area contributed by atoms with E-state index in [9.17, 15) is 0 Å². The first-order chi connectivity index (χ1) is 12.4. The van der Waals surface area contributed by atoms with E-state index < -0.39 is 0 Å². The highest BCUT2D eigenvalue weighted by Crippen LogP contribution is 2.29. The monoisotopic (exact) mass is 407 g/mol. The molecular formula is C15H13N5OS4. The second kappa shape index (κ2) is 8.09. The first-order valence-corrected chi connectivity index (χ1v) is 11.0. The van der Waals surface area contributed by atoms with Crippen molar-refractivity contribution < 1.29 is 4.52 Å². The summed E-state index contributed by atoms with van der Waals surface area (Å²) >= 11 is 6.45. The number of rotatable bonds is 8. The molecule has 0 unspecified atom stereocenters. The molecule has 4 aromatic heterocycles. The summed E-state index contributed by atoms with van der Waals surface area (Å²) < 4.78 is 6.17. The molecule has 0 spiro atoms. The van der Waals surface area contributed by atoms with Crippen molar-refractivity contribution in [2.75, 3.05) is 11.9 Å².